The molecule has 4 rings (SSSR count). The molecule has 0 saturated heterocycles. The number of hydrogen-bond donors (Lipinski definition) is 0. The summed E-state index contributed by atoms with van der Waals surface area (Å²) >= 11 is 0. The topological polar surface area (TPSA) is 66.0 Å². The van der Waals surface area contributed by atoms with Gasteiger partial charge < -0.3 is 13.8 Å². The van der Waals surface area contributed by atoms with Gasteiger partial charge in [0.25, 0.3) is 5.89 Å². The lowest BCUT2D eigenvalue weighted by molar-refractivity contribution is 0.243. The second kappa shape index (κ2) is 5.57. The van der Waals surface area contributed by atoms with Crippen LogP contribution in [0.5, 0.6) is 5.75 Å². The van der Waals surface area contributed by atoms with E-state index in [1.54, 1.807) is 6.33 Å². The minimum Gasteiger partial charge on any atom is -0.484 e. The Balaban J connectivity index is 1.54. The van der Waals surface area contributed by atoms with Gasteiger partial charge in [-0.3, -0.25) is 0 Å². The first kappa shape index (κ1) is 13.5. The van der Waals surface area contributed by atoms with Gasteiger partial charge in [0, 0.05) is 12.6 Å². The molecule has 4 aromatic rings. The first-order valence-corrected chi connectivity index (χ1v) is 7.21. The minimum absolute atomic E-state index is 0.239. The van der Waals surface area contributed by atoms with Crippen LogP contribution in [-0.2, 0) is 13.7 Å². The fourth-order valence-electron chi connectivity index (χ4n) is 2.37. The molecule has 0 radical (unpaired) electrons. The molecule has 0 N–H and O–H groups in total. The molecule has 0 spiro atoms. The predicted molar refractivity (Wildman–Crippen MR) is 84.8 cm³/mol. The monoisotopic (exact) mass is 306 g/mol. The summed E-state index contributed by atoms with van der Waals surface area (Å²) in [7, 11) is 1.96. The molecule has 2 heterocycles. The third-order valence-electron chi connectivity index (χ3n) is 3.56. The van der Waals surface area contributed by atoms with E-state index >= 15 is 0 Å². The molecule has 6 heteroatoms. The SMILES string of the molecule is Cn1cnc2cc(-c3noc(COc4ccccc4)n3)ccc21. The number of nitrogens with zero attached hydrogens (tertiary/aromatic N) is 4. The molecule has 0 aliphatic carbocycles. The van der Waals surface area contributed by atoms with Crippen molar-refractivity contribution in [2.75, 3.05) is 0 Å². The molecule has 114 valence electrons. The minimum atomic E-state index is 0.239. The number of hydrogen-bond acceptors (Lipinski definition) is 5. The summed E-state index contributed by atoms with van der Waals surface area (Å²) in [5.74, 6) is 1.73. The summed E-state index contributed by atoms with van der Waals surface area (Å²) < 4.78 is 12.8. The van der Waals surface area contributed by atoms with E-state index in [4.69, 9.17) is 9.26 Å². The van der Waals surface area contributed by atoms with Gasteiger partial charge in [0.15, 0.2) is 6.61 Å². The van der Waals surface area contributed by atoms with Crippen LogP contribution in [0.2, 0.25) is 0 Å². The molecule has 0 atom stereocenters. The van der Waals surface area contributed by atoms with Crippen molar-refractivity contribution in [3.8, 4) is 17.1 Å². The van der Waals surface area contributed by atoms with Crippen LogP contribution in [0.4, 0.5) is 0 Å². The molecule has 0 aliphatic rings. The number of imidazole rings is 1. The van der Waals surface area contributed by atoms with Crippen LogP contribution in [0.3, 0.4) is 0 Å². The summed E-state index contributed by atoms with van der Waals surface area (Å²) in [5, 5.41) is 4.01. The van der Waals surface area contributed by atoms with E-state index in [-0.39, 0.29) is 6.61 Å². The predicted octanol–water partition coefficient (Wildman–Crippen LogP) is 3.20. The average Bonchev–Trinajstić information content (AvgIpc) is 3.21. The molecule has 0 aliphatic heterocycles. The quantitative estimate of drug-likeness (QED) is 0.579. The normalized spacial score (nSPS) is 11.0. The molecule has 2 aromatic carbocycles. The number of rotatable bonds is 4. The maximum absolute atomic E-state index is 5.60. The number of fused-ring (bicyclic) bond motifs is 1. The Bertz CT molecular complexity index is 944. The molecule has 23 heavy (non-hydrogen) atoms. The van der Waals surface area contributed by atoms with Crippen LogP contribution in [0, 0.1) is 0 Å². The number of aryl methyl sites for hydroxylation is 1. The van der Waals surface area contributed by atoms with Crippen LogP contribution >= 0.6 is 0 Å². The lowest BCUT2D eigenvalue weighted by Gasteiger charge is -2.01. The van der Waals surface area contributed by atoms with E-state index in [0.29, 0.717) is 11.7 Å². The second-order valence-corrected chi connectivity index (χ2v) is 5.17. The van der Waals surface area contributed by atoms with Gasteiger partial charge in [0.05, 0.1) is 17.4 Å². The van der Waals surface area contributed by atoms with Gasteiger partial charge in [0.1, 0.15) is 5.75 Å². The van der Waals surface area contributed by atoms with Crippen molar-refractivity contribution in [2.45, 2.75) is 6.61 Å². The van der Waals surface area contributed by atoms with Crippen molar-refractivity contribution in [3.63, 3.8) is 0 Å². The van der Waals surface area contributed by atoms with Crippen LogP contribution < -0.4 is 4.74 Å². The number of para-hydroxylation sites is 1. The van der Waals surface area contributed by atoms with Gasteiger partial charge in [0.2, 0.25) is 5.82 Å². The zero-order chi connectivity index (χ0) is 15.6. The Hall–Kier alpha value is -3.15. The van der Waals surface area contributed by atoms with Gasteiger partial charge >= 0.3 is 0 Å². The van der Waals surface area contributed by atoms with Crippen molar-refractivity contribution in [2.24, 2.45) is 7.05 Å². The Morgan fingerprint density at radius 2 is 2.00 bits per heavy atom. The van der Waals surface area contributed by atoms with Gasteiger partial charge in [-0.25, -0.2) is 4.98 Å². The third kappa shape index (κ3) is 2.66. The van der Waals surface area contributed by atoms with Crippen molar-refractivity contribution < 1.29 is 9.26 Å². The number of benzene rings is 2. The molecular formula is C17H14N4O2. The summed E-state index contributed by atoms with van der Waals surface area (Å²) in [6.07, 6.45) is 1.78. The maximum atomic E-state index is 5.60. The summed E-state index contributed by atoms with van der Waals surface area (Å²) in [6.45, 7) is 0.239. The van der Waals surface area contributed by atoms with Crippen LogP contribution in [-0.4, -0.2) is 19.7 Å². The highest BCUT2D eigenvalue weighted by atomic mass is 16.5. The Morgan fingerprint density at radius 3 is 2.87 bits per heavy atom. The maximum Gasteiger partial charge on any atom is 0.264 e. The molecule has 2 aromatic heterocycles. The molecule has 0 saturated carbocycles. The van der Waals surface area contributed by atoms with Gasteiger partial charge in [-0.1, -0.05) is 23.4 Å². The highest BCUT2D eigenvalue weighted by Crippen LogP contribution is 2.21. The van der Waals surface area contributed by atoms with Gasteiger partial charge in [-0.05, 0) is 30.3 Å². The largest absolute Gasteiger partial charge is 0.484 e. The molecular weight excluding hydrogens is 292 g/mol. The van der Waals surface area contributed by atoms with E-state index in [0.717, 1.165) is 22.3 Å². The van der Waals surface area contributed by atoms with E-state index < -0.39 is 0 Å². The van der Waals surface area contributed by atoms with E-state index in [1.165, 1.54) is 0 Å². The fraction of sp³-hybridized carbons (Fsp3) is 0.118. The van der Waals surface area contributed by atoms with E-state index in [2.05, 4.69) is 15.1 Å². The molecule has 0 bridgehead atoms. The summed E-state index contributed by atoms with van der Waals surface area (Å²) in [5.41, 5.74) is 2.83. The van der Waals surface area contributed by atoms with Crippen LogP contribution in [0.25, 0.3) is 22.4 Å². The lowest BCUT2D eigenvalue weighted by atomic mass is 10.2. The van der Waals surface area contributed by atoms with E-state index in [9.17, 15) is 0 Å². The van der Waals surface area contributed by atoms with E-state index in [1.807, 2.05) is 60.1 Å². The summed E-state index contributed by atoms with van der Waals surface area (Å²) in [4.78, 5) is 8.71. The third-order valence-corrected chi connectivity index (χ3v) is 3.56. The zero-order valence-corrected chi connectivity index (χ0v) is 12.5. The van der Waals surface area contributed by atoms with Crippen molar-refractivity contribution in [3.05, 3.63) is 60.7 Å². The Kier molecular flexibility index (Phi) is 3.27. The average molecular weight is 306 g/mol. The number of ether oxygens (including phenoxy) is 1. The van der Waals surface area contributed by atoms with Gasteiger partial charge in [-0.2, -0.15) is 4.98 Å². The van der Waals surface area contributed by atoms with Crippen molar-refractivity contribution >= 4 is 11.0 Å². The smallest absolute Gasteiger partial charge is 0.264 e. The highest BCUT2D eigenvalue weighted by molar-refractivity contribution is 5.80. The summed E-state index contributed by atoms with van der Waals surface area (Å²) in [6, 6.07) is 15.4. The Morgan fingerprint density at radius 1 is 1.13 bits per heavy atom. The van der Waals surface area contributed by atoms with Crippen LogP contribution in [0.1, 0.15) is 5.89 Å². The highest BCUT2D eigenvalue weighted by Gasteiger charge is 2.11. The second-order valence-electron chi connectivity index (χ2n) is 5.17. The Labute approximate surface area is 132 Å². The molecule has 0 fully saturated rings. The first-order valence-electron chi connectivity index (χ1n) is 7.21. The standard InChI is InChI=1S/C17H14N4O2/c1-21-11-18-14-9-12(7-8-15(14)21)17-19-16(23-20-17)10-22-13-5-3-2-4-6-13/h2-9,11H,10H2,1H3. The van der Waals surface area contributed by atoms with Crippen LogP contribution in [0.15, 0.2) is 59.4 Å². The number of aromatic nitrogens is 4. The molecule has 0 amide bonds. The van der Waals surface area contributed by atoms with Crippen molar-refractivity contribution in [1.82, 2.24) is 19.7 Å². The lowest BCUT2D eigenvalue weighted by Crippen LogP contribution is -1.95. The molecule has 0 unspecified atom stereocenters. The first-order chi connectivity index (χ1) is 11.3. The fourth-order valence-corrected chi connectivity index (χ4v) is 2.37. The molecule has 6 nitrogen and oxygen atoms in total. The zero-order valence-electron chi connectivity index (χ0n) is 12.5. The van der Waals surface area contributed by atoms with Gasteiger partial charge in [-0.15, -0.1) is 0 Å². The van der Waals surface area contributed by atoms with Crippen molar-refractivity contribution in [1.29, 1.82) is 0 Å².